The van der Waals surface area contributed by atoms with Crippen LogP contribution in [0.2, 0.25) is 0 Å². The lowest BCUT2D eigenvalue weighted by Crippen LogP contribution is -2.25. The maximum Gasteiger partial charge on any atom is 0.303 e. The molecule has 0 amide bonds. The van der Waals surface area contributed by atoms with E-state index in [9.17, 15) is 4.79 Å². The normalized spacial score (nSPS) is 11.1. The highest BCUT2D eigenvalue weighted by Gasteiger charge is 2.01. The molecule has 4 N–H and O–H groups in total. The molecule has 0 saturated heterocycles. The van der Waals surface area contributed by atoms with Crippen molar-refractivity contribution < 1.29 is 9.90 Å². The zero-order valence-corrected chi connectivity index (χ0v) is 10.8. The van der Waals surface area contributed by atoms with E-state index in [1.54, 1.807) is 0 Å². The summed E-state index contributed by atoms with van der Waals surface area (Å²) in [6, 6.07) is 7.55. The Kier molecular flexibility index (Phi) is 5.26. The molecule has 0 unspecified atom stereocenters. The van der Waals surface area contributed by atoms with E-state index in [2.05, 4.69) is 22.7 Å². The molecule has 6 heteroatoms. The third-order valence-corrected chi connectivity index (χ3v) is 2.42. The lowest BCUT2D eigenvalue weighted by atomic mass is 10.1. The monoisotopic (exact) mass is 265 g/mol. The topological polar surface area (TPSA) is 87.7 Å². The van der Waals surface area contributed by atoms with Crippen molar-refractivity contribution in [2.24, 2.45) is 10.8 Å². The second-order valence-electron chi connectivity index (χ2n) is 3.76. The minimum Gasteiger partial charge on any atom is -0.481 e. The summed E-state index contributed by atoms with van der Waals surface area (Å²) < 4.78 is 0. The fourth-order valence-corrected chi connectivity index (χ4v) is 1.41. The van der Waals surface area contributed by atoms with E-state index >= 15 is 0 Å². The third-order valence-electron chi connectivity index (χ3n) is 2.33. The number of carbonyl (C=O) groups is 1. The summed E-state index contributed by atoms with van der Waals surface area (Å²) in [5.41, 5.74) is 10.5. The molecule has 0 heterocycles. The molecule has 1 aromatic rings. The second-order valence-corrected chi connectivity index (χ2v) is 4.20. The van der Waals surface area contributed by atoms with Crippen molar-refractivity contribution in [1.29, 1.82) is 0 Å². The van der Waals surface area contributed by atoms with Crippen LogP contribution in [0.5, 0.6) is 0 Å². The summed E-state index contributed by atoms with van der Waals surface area (Å²) in [6.07, 6.45) is 0.659. The number of carboxylic acids is 1. The molecule has 96 valence electrons. The average molecular weight is 265 g/mol. The van der Waals surface area contributed by atoms with Gasteiger partial charge in [-0.1, -0.05) is 24.3 Å². The molecule has 18 heavy (non-hydrogen) atoms. The number of aliphatic carboxylic acids is 1. The van der Waals surface area contributed by atoms with E-state index in [0.717, 1.165) is 16.8 Å². The zero-order valence-electron chi connectivity index (χ0n) is 10.0. The van der Waals surface area contributed by atoms with Gasteiger partial charge in [0.15, 0.2) is 5.11 Å². The Labute approximate surface area is 111 Å². The van der Waals surface area contributed by atoms with Crippen LogP contribution in [-0.2, 0) is 11.2 Å². The van der Waals surface area contributed by atoms with Crippen LogP contribution < -0.4 is 11.2 Å². The van der Waals surface area contributed by atoms with Gasteiger partial charge in [0.05, 0.1) is 5.71 Å². The van der Waals surface area contributed by atoms with Crippen LogP contribution in [0.15, 0.2) is 29.4 Å². The SMILES string of the molecule is C/C(=N\NC(N)=S)c1ccc(CCC(=O)O)cc1. The number of nitrogens with two attached hydrogens (primary N) is 1. The smallest absolute Gasteiger partial charge is 0.303 e. The van der Waals surface area contributed by atoms with E-state index in [1.165, 1.54) is 0 Å². The summed E-state index contributed by atoms with van der Waals surface area (Å²) in [5.74, 6) is -0.794. The van der Waals surface area contributed by atoms with Gasteiger partial charge < -0.3 is 10.8 Å². The Morgan fingerprint density at radius 3 is 2.56 bits per heavy atom. The van der Waals surface area contributed by atoms with Gasteiger partial charge in [-0.2, -0.15) is 5.10 Å². The van der Waals surface area contributed by atoms with Crippen LogP contribution in [0.4, 0.5) is 0 Å². The lowest BCUT2D eigenvalue weighted by Gasteiger charge is -2.04. The first-order valence-corrected chi connectivity index (χ1v) is 5.80. The van der Waals surface area contributed by atoms with Crippen LogP contribution >= 0.6 is 12.2 Å². The molecule has 0 atom stereocenters. The van der Waals surface area contributed by atoms with Gasteiger partial charge in [-0.15, -0.1) is 0 Å². The van der Waals surface area contributed by atoms with Gasteiger partial charge in [-0.25, -0.2) is 0 Å². The number of hydrogen-bond donors (Lipinski definition) is 3. The maximum atomic E-state index is 10.4. The highest BCUT2D eigenvalue weighted by molar-refractivity contribution is 7.80. The molecule has 0 saturated carbocycles. The van der Waals surface area contributed by atoms with E-state index < -0.39 is 5.97 Å². The lowest BCUT2D eigenvalue weighted by molar-refractivity contribution is -0.136. The number of benzene rings is 1. The molecular formula is C12H15N3O2S. The highest BCUT2D eigenvalue weighted by Crippen LogP contribution is 2.07. The Bertz CT molecular complexity index is 469. The molecule has 1 aromatic carbocycles. The first kappa shape index (κ1) is 14.1. The zero-order chi connectivity index (χ0) is 13.5. The Balaban J connectivity index is 2.67. The average Bonchev–Trinajstić information content (AvgIpc) is 2.34. The summed E-state index contributed by atoms with van der Waals surface area (Å²) in [4.78, 5) is 10.4. The van der Waals surface area contributed by atoms with Crippen molar-refractivity contribution >= 4 is 29.0 Å². The molecule has 0 fully saturated rings. The number of hydrogen-bond acceptors (Lipinski definition) is 3. The fourth-order valence-electron chi connectivity index (χ4n) is 1.37. The minimum atomic E-state index is -0.794. The highest BCUT2D eigenvalue weighted by atomic mass is 32.1. The van der Waals surface area contributed by atoms with Gasteiger partial charge in [0, 0.05) is 6.42 Å². The summed E-state index contributed by atoms with van der Waals surface area (Å²) in [7, 11) is 0. The first-order valence-electron chi connectivity index (χ1n) is 5.40. The van der Waals surface area contributed by atoms with Crippen LogP contribution in [0.3, 0.4) is 0 Å². The second kappa shape index (κ2) is 6.70. The molecule has 0 spiro atoms. The van der Waals surface area contributed by atoms with Crippen molar-refractivity contribution in [2.45, 2.75) is 19.8 Å². The van der Waals surface area contributed by atoms with Crippen molar-refractivity contribution in [3.63, 3.8) is 0 Å². The van der Waals surface area contributed by atoms with Crippen LogP contribution in [-0.4, -0.2) is 21.9 Å². The van der Waals surface area contributed by atoms with Crippen LogP contribution in [0.1, 0.15) is 24.5 Å². The van der Waals surface area contributed by atoms with E-state index in [1.807, 2.05) is 31.2 Å². The molecule has 0 aliphatic rings. The minimum absolute atomic E-state index is 0.118. The van der Waals surface area contributed by atoms with Crippen LogP contribution in [0.25, 0.3) is 0 Å². The fraction of sp³-hybridized carbons (Fsp3) is 0.250. The predicted octanol–water partition coefficient (Wildman–Crippen LogP) is 1.26. The molecule has 5 nitrogen and oxygen atoms in total. The van der Waals surface area contributed by atoms with E-state index in [4.69, 9.17) is 10.8 Å². The van der Waals surface area contributed by atoms with E-state index in [0.29, 0.717) is 6.42 Å². The molecule has 0 aliphatic carbocycles. The molecular weight excluding hydrogens is 250 g/mol. The van der Waals surface area contributed by atoms with Gasteiger partial charge in [0.1, 0.15) is 0 Å². The maximum absolute atomic E-state index is 10.4. The summed E-state index contributed by atoms with van der Waals surface area (Å²) in [5, 5.41) is 12.7. The van der Waals surface area contributed by atoms with Gasteiger partial charge in [-0.3, -0.25) is 10.2 Å². The predicted molar refractivity (Wildman–Crippen MR) is 74.5 cm³/mol. The number of nitrogens with zero attached hydrogens (tertiary/aromatic N) is 1. The quantitative estimate of drug-likeness (QED) is 0.424. The number of aryl methyl sites for hydroxylation is 1. The van der Waals surface area contributed by atoms with Crippen molar-refractivity contribution in [3.8, 4) is 0 Å². The standard InChI is InChI=1S/C12H15N3O2S/c1-8(14-15-12(13)18)10-5-2-9(3-6-10)4-7-11(16)17/h2-3,5-6H,4,7H2,1H3,(H,16,17)(H3,13,15,18)/b14-8+. The Hall–Kier alpha value is -1.95. The van der Waals surface area contributed by atoms with Crippen molar-refractivity contribution in [3.05, 3.63) is 35.4 Å². The molecule has 1 rings (SSSR count). The molecule has 0 bridgehead atoms. The number of carboxylic acid groups (broad SMARTS) is 1. The van der Waals surface area contributed by atoms with Gasteiger partial charge in [0.25, 0.3) is 0 Å². The summed E-state index contributed by atoms with van der Waals surface area (Å²) in [6.45, 7) is 1.83. The Morgan fingerprint density at radius 2 is 2.06 bits per heavy atom. The van der Waals surface area contributed by atoms with E-state index in [-0.39, 0.29) is 11.5 Å². The van der Waals surface area contributed by atoms with Gasteiger partial charge in [-0.05, 0) is 36.7 Å². The van der Waals surface area contributed by atoms with Gasteiger partial charge in [0.2, 0.25) is 0 Å². The Morgan fingerprint density at radius 1 is 1.44 bits per heavy atom. The van der Waals surface area contributed by atoms with Crippen molar-refractivity contribution in [2.75, 3.05) is 0 Å². The number of hydrazone groups is 1. The molecule has 0 radical (unpaired) electrons. The summed E-state index contributed by atoms with van der Waals surface area (Å²) >= 11 is 4.65. The largest absolute Gasteiger partial charge is 0.481 e. The number of nitrogens with one attached hydrogen (secondary N) is 1. The number of thiocarbonyl (C=S) groups is 1. The molecule has 0 aromatic heterocycles. The van der Waals surface area contributed by atoms with Gasteiger partial charge >= 0.3 is 5.97 Å². The van der Waals surface area contributed by atoms with Crippen molar-refractivity contribution in [1.82, 2.24) is 5.43 Å². The van der Waals surface area contributed by atoms with Crippen LogP contribution in [0, 0.1) is 0 Å². The number of rotatable bonds is 5. The first-order chi connectivity index (χ1) is 8.49. The third kappa shape index (κ3) is 4.92. The molecule has 0 aliphatic heterocycles.